The molecule has 172 valence electrons. The van der Waals surface area contributed by atoms with Gasteiger partial charge in [-0.3, -0.25) is 4.79 Å². The first-order valence-corrected chi connectivity index (χ1v) is 12.1. The standard InChI is InChI=1S/C26H26Cl2N2O3/c1-2-26-10-9-19(18-8-5-16(13-20(18)28)24-29-11-12-33-24)22(15-3-6-17(27)7-4-15)23(26)21(14-31)30-25(26)32/h3-8,11-13,19,21-23,31H,2,9-10,14H2,1H3,(H,30,32)/t19-,21+,22-,23-,26+/m0/s1. The van der Waals surface area contributed by atoms with Crippen molar-refractivity contribution in [3.05, 3.63) is 76.1 Å². The van der Waals surface area contributed by atoms with Gasteiger partial charge < -0.3 is 14.8 Å². The Morgan fingerprint density at radius 3 is 2.64 bits per heavy atom. The number of amides is 1. The van der Waals surface area contributed by atoms with E-state index in [9.17, 15) is 9.90 Å². The summed E-state index contributed by atoms with van der Waals surface area (Å²) >= 11 is 13.0. The zero-order valence-electron chi connectivity index (χ0n) is 18.3. The summed E-state index contributed by atoms with van der Waals surface area (Å²) in [5.74, 6) is 0.609. The molecule has 3 aromatic rings. The van der Waals surface area contributed by atoms with Gasteiger partial charge in [0.1, 0.15) is 6.26 Å². The number of nitrogens with zero attached hydrogens (tertiary/aromatic N) is 1. The maximum atomic E-state index is 13.2. The molecule has 1 saturated carbocycles. The molecule has 2 fully saturated rings. The average molecular weight is 485 g/mol. The van der Waals surface area contributed by atoms with Gasteiger partial charge in [0.05, 0.1) is 24.3 Å². The fraction of sp³-hybridized carbons (Fsp3) is 0.385. The van der Waals surface area contributed by atoms with Crippen LogP contribution in [-0.2, 0) is 4.79 Å². The van der Waals surface area contributed by atoms with Crippen LogP contribution >= 0.6 is 23.2 Å². The van der Waals surface area contributed by atoms with Gasteiger partial charge in [0, 0.05) is 21.5 Å². The summed E-state index contributed by atoms with van der Waals surface area (Å²) in [4.78, 5) is 17.4. The number of benzene rings is 2. The third-order valence-electron chi connectivity index (χ3n) is 7.72. The van der Waals surface area contributed by atoms with Crippen molar-refractivity contribution in [2.24, 2.45) is 11.3 Å². The first kappa shape index (κ1) is 22.5. The number of aromatic nitrogens is 1. The average Bonchev–Trinajstić information content (AvgIpc) is 3.46. The Hall–Kier alpha value is -2.34. The molecule has 0 bridgehead atoms. The second kappa shape index (κ2) is 8.79. The molecule has 2 N–H and O–H groups in total. The SMILES string of the molecule is CC[C@@]12CC[C@@H](c3ccc(-c4ncco4)cc3Cl)[C@H](c3ccc(Cl)cc3)[C@@H]1[C@@H](CO)NC2=O. The van der Waals surface area contributed by atoms with Crippen molar-refractivity contribution in [1.29, 1.82) is 0 Å². The maximum absolute atomic E-state index is 13.2. The van der Waals surface area contributed by atoms with Crippen molar-refractivity contribution in [1.82, 2.24) is 10.3 Å². The lowest BCUT2D eigenvalue weighted by atomic mass is 9.54. The fourth-order valence-corrected chi connectivity index (χ4v) is 6.63. The molecule has 5 rings (SSSR count). The molecule has 1 aromatic heterocycles. The Kier molecular flexibility index (Phi) is 5.98. The number of hydrogen-bond acceptors (Lipinski definition) is 4. The highest BCUT2D eigenvalue weighted by molar-refractivity contribution is 6.31. The van der Waals surface area contributed by atoms with Crippen molar-refractivity contribution >= 4 is 29.1 Å². The number of hydrogen-bond donors (Lipinski definition) is 2. The van der Waals surface area contributed by atoms with E-state index in [4.69, 9.17) is 27.6 Å². The van der Waals surface area contributed by atoms with Crippen molar-refractivity contribution in [3.63, 3.8) is 0 Å². The van der Waals surface area contributed by atoms with Crippen LogP contribution in [0.2, 0.25) is 10.0 Å². The van der Waals surface area contributed by atoms with Gasteiger partial charge in [-0.25, -0.2) is 4.98 Å². The lowest BCUT2D eigenvalue weighted by Gasteiger charge is -2.47. The Labute approximate surface area is 203 Å². The molecule has 2 aromatic carbocycles. The fourth-order valence-electron chi connectivity index (χ4n) is 6.19. The zero-order valence-corrected chi connectivity index (χ0v) is 19.8. The van der Waals surface area contributed by atoms with Crippen LogP contribution < -0.4 is 5.32 Å². The minimum absolute atomic E-state index is 0.00263. The lowest BCUT2D eigenvalue weighted by Crippen LogP contribution is -2.45. The van der Waals surface area contributed by atoms with Crippen molar-refractivity contribution in [2.75, 3.05) is 6.61 Å². The highest BCUT2D eigenvalue weighted by Crippen LogP contribution is 2.60. The van der Waals surface area contributed by atoms with Crippen molar-refractivity contribution in [2.45, 2.75) is 44.1 Å². The predicted molar refractivity (Wildman–Crippen MR) is 128 cm³/mol. The molecule has 0 spiro atoms. The summed E-state index contributed by atoms with van der Waals surface area (Å²) in [5, 5.41) is 14.6. The highest BCUT2D eigenvalue weighted by Gasteiger charge is 2.60. The van der Waals surface area contributed by atoms with E-state index in [-0.39, 0.29) is 36.3 Å². The summed E-state index contributed by atoms with van der Waals surface area (Å²) in [6.45, 7) is 1.98. The normalized spacial score (nSPS) is 29.0. The minimum atomic E-state index is -0.501. The van der Waals surface area contributed by atoms with Crippen LogP contribution in [0.4, 0.5) is 0 Å². The maximum Gasteiger partial charge on any atom is 0.226 e. The molecule has 2 aliphatic rings. The van der Waals surface area contributed by atoms with E-state index < -0.39 is 5.41 Å². The molecular formula is C26H26Cl2N2O3. The Bertz CT molecular complexity index is 1150. The van der Waals surface area contributed by atoms with E-state index in [1.807, 2.05) is 42.5 Å². The molecule has 0 unspecified atom stereocenters. The summed E-state index contributed by atoms with van der Waals surface area (Å²) in [6, 6.07) is 13.5. The second-order valence-electron chi connectivity index (χ2n) is 9.09. The summed E-state index contributed by atoms with van der Waals surface area (Å²) < 4.78 is 5.43. The van der Waals surface area contributed by atoms with Crippen LogP contribution in [0.5, 0.6) is 0 Å². The third kappa shape index (κ3) is 3.67. The number of oxazole rings is 1. The van der Waals surface area contributed by atoms with E-state index in [1.54, 1.807) is 6.20 Å². The molecule has 1 amide bonds. The molecule has 0 radical (unpaired) electrons. The molecule has 1 aliphatic carbocycles. The zero-order chi connectivity index (χ0) is 23.2. The molecule has 5 nitrogen and oxygen atoms in total. The highest BCUT2D eigenvalue weighted by atomic mass is 35.5. The quantitative estimate of drug-likeness (QED) is 0.478. The molecule has 1 aliphatic heterocycles. The molecule has 33 heavy (non-hydrogen) atoms. The van der Waals surface area contributed by atoms with Crippen molar-refractivity contribution in [3.8, 4) is 11.5 Å². The van der Waals surface area contributed by atoms with Crippen LogP contribution in [0, 0.1) is 11.3 Å². The van der Waals surface area contributed by atoms with E-state index in [2.05, 4.69) is 17.2 Å². The van der Waals surface area contributed by atoms with E-state index >= 15 is 0 Å². The lowest BCUT2D eigenvalue weighted by molar-refractivity contribution is -0.131. The number of halogens is 2. The number of fused-ring (bicyclic) bond motifs is 1. The van der Waals surface area contributed by atoms with Gasteiger partial charge in [0.2, 0.25) is 11.8 Å². The Morgan fingerprint density at radius 2 is 2.00 bits per heavy atom. The summed E-state index contributed by atoms with van der Waals surface area (Å²) in [5.41, 5.74) is 2.46. The van der Waals surface area contributed by atoms with E-state index in [0.29, 0.717) is 15.9 Å². The predicted octanol–water partition coefficient (Wildman–Crippen LogP) is 5.81. The van der Waals surface area contributed by atoms with Gasteiger partial charge in [-0.05, 0) is 66.5 Å². The smallest absolute Gasteiger partial charge is 0.226 e. The number of carbonyl (C=O) groups excluding carboxylic acids is 1. The van der Waals surface area contributed by atoms with E-state index in [0.717, 1.165) is 36.0 Å². The van der Waals surface area contributed by atoms with Crippen LogP contribution in [0.3, 0.4) is 0 Å². The van der Waals surface area contributed by atoms with Gasteiger partial charge in [0.25, 0.3) is 0 Å². The van der Waals surface area contributed by atoms with Gasteiger partial charge in [-0.15, -0.1) is 0 Å². The third-order valence-corrected chi connectivity index (χ3v) is 8.30. The first-order valence-electron chi connectivity index (χ1n) is 11.3. The Balaban J connectivity index is 1.62. The van der Waals surface area contributed by atoms with Crippen LogP contribution in [0.1, 0.15) is 49.1 Å². The monoisotopic (exact) mass is 484 g/mol. The summed E-state index contributed by atoms with van der Waals surface area (Å²) in [6.07, 6.45) is 5.45. The molecule has 7 heteroatoms. The number of aliphatic hydroxyl groups is 1. The topological polar surface area (TPSA) is 75.4 Å². The number of rotatable bonds is 5. The van der Waals surface area contributed by atoms with Gasteiger partial charge >= 0.3 is 0 Å². The molecule has 2 heterocycles. The number of carbonyl (C=O) groups is 1. The Morgan fingerprint density at radius 1 is 1.21 bits per heavy atom. The first-order chi connectivity index (χ1) is 16.0. The van der Waals surface area contributed by atoms with Crippen LogP contribution in [-0.4, -0.2) is 28.6 Å². The van der Waals surface area contributed by atoms with E-state index in [1.165, 1.54) is 6.26 Å². The second-order valence-corrected chi connectivity index (χ2v) is 9.94. The molecule has 5 atom stereocenters. The number of aliphatic hydroxyl groups excluding tert-OH is 1. The largest absolute Gasteiger partial charge is 0.445 e. The van der Waals surface area contributed by atoms with Gasteiger partial charge in [-0.2, -0.15) is 0 Å². The van der Waals surface area contributed by atoms with Gasteiger partial charge in [0.15, 0.2) is 0 Å². The minimum Gasteiger partial charge on any atom is -0.445 e. The number of nitrogens with one attached hydrogen (secondary N) is 1. The van der Waals surface area contributed by atoms with Crippen LogP contribution in [0.15, 0.2) is 59.3 Å². The van der Waals surface area contributed by atoms with Crippen LogP contribution in [0.25, 0.3) is 11.5 Å². The van der Waals surface area contributed by atoms with Crippen molar-refractivity contribution < 1.29 is 14.3 Å². The van der Waals surface area contributed by atoms with Gasteiger partial charge in [-0.1, -0.05) is 48.3 Å². The molecular weight excluding hydrogens is 459 g/mol. The molecule has 1 saturated heterocycles. The summed E-state index contributed by atoms with van der Waals surface area (Å²) in [7, 11) is 0.